The Bertz CT molecular complexity index is 412. The number of carbonyl (C=O) groups excluding carboxylic acids is 1. The Morgan fingerprint density at radius 1 is 1.44 bits per heavy atom. The molecule has 0 saturated heterocycles. The van der Waals surface area contributed by atoms with Crippen LogP contribution in [0.25, 0.3) is 0 Å². The first kappa shape index (κ1) is 14.2. The fraction of sp³-hybridized carbons (Fsp3) is 0.364. The third-order valence-corrected chi connectivity index (χ3v) is 2.04. The Morgan fingerprint density at radius 2 is 2.17 bits per heavy atom. The quantitative estimate of drug-likeness (QED) is 0.802. The SMILES string of the molecule is COc1ccc(C(=O)NCCO)cc1OC(F)F. The highest BCUT2D eigenvalue weighted by Gasteiger charge is 2.14. The lowest BCUT2D eigenvalue weighted by atomic mass is 10.2. The average molecular weight is 261 g/mol. The summed E-state index contributed by atoms with van der Waals surface area (Å²) in [6, 6.07) is 3.91. The van der Waals surface area contributed by atoms with Crippen molar-refractivity contribution in [2.24, 2.45) is 0 Å². The number of carbonyl (C=O) groups is 1. The van der Waals surface area contributed by atoms with E-state index >= 15 is 0 Å². The molecule has 5 nitrogen and oxygen atoms in total. The molecule has 0 heterocycles. The summed E-state index contributed by atoms with van der Waals surface area (Å²) in [5, 5.41) is 11.0. The zero-order chi connectivity index (χ0) is 13.5. The zero-order valence-electron chi connectivity index (χ0n) is 9.65. The Balaban J connectivity index is 2.91. The smallest absolute Gasteiger partial charge is 0.387 e. The number of ether oxygens (including phenoxy) is 2. The maximum atomic E-state index is 12.2. The number of aliphatic hydroxyl groups is 1. The third kappa shape index (κ3) is 3.85. The van der Waals surface area contributed by atoms with Crippen LogP contribution in [0.3, 0.4) is 0 Å². The summed E-state index contributed by atoms with van der Waals surface area (Å²) < 4.78 is 33.4. The van der Waals surface area contributed by atoms with E-state index in [4.69, 9.17) is 9.84 Å². The molecule has 0 saturated carbocycles. The molecule has 0 unspecified atom stereocenters. The van der Waals surface area contributed by atoms with Crippen LogP contribution < -0.4 is 14.8 Å². The Morgan fingerprint density at radius 3 is 2.72 bits per heavy atom. The first-order valence-electron chi connectivity index (χ1n) is 5.10. The Labute approximate surface area is 102 Å². The molecule has 100 valence electrons. The van der Waals surface area contributed by atoms with Crippen LogP contribution in [0.4, 0.5) is 8.78 Å². The Kier molecular flexibility index (Phi) is 5.31. The van der Waals surface area contributed by atoms with Gasteiger partial charge in [0.1, 0.15) is 0 Å². The second-order valence-corrected chi connectivity index (χ2v) is 3.22. The average Bonchev–Trinajstić information content (AvgIpc) is 2.35. The molecule has 0 aliphatic heterocycles. The normalized spacial score (nSPS) is 10.3. The highest BCUT2D eigenvalue weighted by molar-refractivity contribution is 5.94. The van der Waals surface area contributed by atoms with E-state index in [1.165, 1.54) is 19.2 Å². The molecular weight excluding hydrogens is 248 g/mol. The summed E-state index contributed by atoms with van der Waals surface area (Å²) >= 11 is 0. The van der Waals surface area contributed by atoms with E-state index in [1.54, 1.807) is 0 Å². The van der Waals surface area contributed by atoms with E-state index in [2.05, 4.69) is 10.1 Å². The van der Waals surface area contributed by atoms with Crippen LogP contribution in [0.2, 0.25) is 0 Å². The minimum Gasteiger partial charge on any atom is -0.493 e. The number of aliphatic hydroxyl groups excluding tert-OH is 1. The van der Waals surface area contributed by atoms with Crippen LogP contribution >= 0.6 is 0 Å². The molecule has 0 spiro atoms. The summed E-state index contributed by atoms with van der Waals surface area (Å²) in [4.78, 5) is 11.5. The van der Waals surface area contributed by atoms with Gasteiger partial charge in [0.15, 0.2) is 11.5 Å². The first-order chi connectivity index (χ1) is 8.58. The summed E-state index contributed by atoms with van der Waals surface area (Å²) in [7, 11) is 1.30. The number of halogens is 2. The monoisotopic (exact) mass is 261 g/mol. The molecular formula is C11H13F2NO4. The van der Waals surface area contributed by atoms with Crippen molar-refractivity contribution < 1.29 is 28.2 Å². The molecule has 0 fully saturated rings. The lowest BCUT2D eigenvalue weighted by molar-refractivity contribution is -0.0512. The lowest BCUT2D eigenvalue weighted by Gasteiger charge is -2.11. The standard InChI is InChI=1S/C11H13F2NO4/c1-17-8-3-2-7(10(16)14-4-5-15)6-9(8)18-11(12)13/h2-3,6,11,15H,4-5H2,1H3,(H,14,16). The van der Waals surface area contributed by atoms with Crippen LogP contribution in [-0.4, -0.2) is 37.9 Å². The number of benzene rings is 1. The van der Waals surface area contributed by atoms with Gasteiger partial charge in [0.05, 0.1) is 13.7 Å². The summed E-state index contributed by atoms with van der Waals surface area (Å²) in [5.74, 6) is -0.607. The van der Waals surface area contributed by atoms with Gasteiger partial charge in [-0.15, -0.1) is 0 Å². The molecule has 1 aromatic carbocycles. The molecule has 0 atom stereocenters. The number of amides is 1. The predicted octanol–water partition coefficient (Wildman–Crippen LogP) is 1.02. The second-order valence-electron chi connectivity index (χ2n) is 3.22. The molecule has 0 radical (unpaired) electrons. The van der Waals surface area contributed by atoms with Crippen LogP contribution in [0.15, 0.2) is 18.2 Å². The predicted molar refractivity (Wildman–Crippen MR) is 59.0 cm³/mol. The molecule has 0 aliphatic rings. The molecule has 0 bridgehead atoms. The van der Waals surface area contributed by atoms with E-state index in [0.29, 0.717) is 0 Å². The molecule has 18 heavy (non-hydrogen) atoms. The van der Waals surface area contributed by atoms with Crippen molar-refractivity contribution in [2.45, 2.75) is 6.61 Å². The van der Waals surface area contributed by atoms with Crippen LogP contribution in [0, 0.1) is 0 Å². The van der Waals surface area contributed by atoms with Crippen molar-refractivity contribution in [1.29, 1.82) is 0 Å². The fourth-order valence-corrected chi connectivity index (χ4v) is 1.28. The van der Waals surface area contributed by atoms with Gasteiger partial charge in [0, 0.05) is 12.1 Å². The van der Waals surface area contributed by atoms with Gasteiger partial charge in [0.2, 0.25) is 0 Å². The van der Waals surface area contributed by atoms with Gasteiger partial charge >= 0.3 is 6.61 Å². The van der Waals surface area contributed by atoms with Gasteiger partial charge in [-0.3, -0.25) is 4.79 Å². The van der Waals surface area contributed by atoms with Crippen LogP contribution in [0.5, 0.6) is 11.5 Å². The van der Waals surface area contributed by atoms with Crippen molar-refractivity contribution in [2.75, 3.05) is 20.3 Å². The van der Waals surface area contributed by atoms with E-state index in [9.17, 15) is 13.6 Å². The van der Waals surface area contributed by atoms with Crippen molar-refractivity contribution >= 4 is 5.91 Å². The molecule has 1 rings (SSSR count). The molecule has 2 N–H and O–H groups in total. The first-order valence-corrected chi connectivity index (χ1v) is 5.10. The molecule has 1 amide bonds. The van der Waals surface area contributed by atoms with Gasteiger partial charge in [-0.1, -0.05) is 0 Å². The number of alkyl halides is 2. The minimum atomic E-state index is -3.00. The molecule has 7 heteroatoms. The maximum absolute atomic E-state index is 12.2. The van der Waals surface area contributed by atoms with Crippen molar-refractivity contribution in [3.63, 3.8) is 0 Å². The van der Waals surface area contributed by atoms with Crippen molar-refractivity contribution in [1.82, 2.24) is 5.32 Å². The summed E-state index contributed by atoms with van der Waals surface area (Å²) in [6.07, 6.45) is 0. The van der Waals surface area contributed by atoms with Crippen LogP contribution in [0.1, 0.15) is 10.4 Å². The fourth-order valence-electron chi connectivity index (χ4n) is 1.28. The number of methoxy groups -OCH3 is 1. The van der Waals surface area contributed by atoms with E-state index in [0.717, 1.165) is 6.07 Å². The van der Waals surface area contributed by atoms with Gasteiger partial charge in [0.25, 0.3) is 5.91 Å². The topological polar surface area (TPSA) is 67.8 Å². The van der Waals surface area contributed by atoms with Crippen molar-refractivity contribution in [3.05, 3.63) is 23.8 Å². The van der Waals surface area contributed by atoms with Crippen molar-refractivity contribution in [3.8, 4) is 11.5 Å². The van der Waals surface area contributed by atoms with E-state index < -0.39 is 12.5 Å². The molecule has 1 aromatic rings. The second kappa shape index (κ2) is 6.75. The largest absolute Gasteiger partial charge is 0.493 e. The molecule has 0 aliphatic carbocycles. The number of rotatable bonds is 6. The maximum Gasteiger partial charge on any atom is 0.387 e. The van der Waals surface area contributed by atoms with Gasteiger partial charge in [-0.05, 0) is 18.2 Å². The van der Waals surface area contributed by atoms with Gasteiger partial charge in [-0.2, -0.15) is 8.78 Å². The van der Waals surface area contributed by atoms with Gasteiger partial charge in [-0.25, -0.2) is 0 Å². The third-order valence-electron chi connectivity index (χ3n) is 2.04. The van der Waals surface area contributed by atoms with Gasteiger partial charge < -0.3 is 19.9 Å². The highest BCUT2D eigenvalue weighted by atomic mass is 19.3. The zero-order valence-corrected chi connectivity index (χ0v) is 9.65. The van der Waals surface area contributed by atoms with E-state index in [-0.39, 0.29) is 30.2 Å². The number of hydrogen-bond donors (Lipinski definition) is 2. The summed E-state index contributed by atoms with van der Waals surface area (Å²) in [5.41, 5.74) is 0.139. The van der Waals surface area contributed by atoms with E-state index in [1.807, 2.05) is 0 Å². The molecule has 0 aromatic heterocycles. The number of hydrogen-bond acceptors (Lipinski definition) is 4. The summed E-state index contributed by atoms with van der Waals surface area (Å²) in [6.45, 7) is -3.13. The minimum absolute atomic E-state index is 0.0793. The van der Waals surface area contributed by atoms with Crippen LogP contribution in [-0.2, 0) is 0 Å². The highest BCUT2D eigenvalue weighted by Crippen LogP contribution is 2.29. The Hall–Kier alpha value is -1.89. The lowest BCUT2D eigenvalue weighted by Crippen LogP contribution is -2.26. The number of nitrogens with one attached hydrogen (secondary N) is 1.